The van der Waals surface area contributed by atoms with Crippen LogP contribution in [-0.4, -0.2) is 62.4 Å². The van der Waals surface area contributed by atoms with Crippen molar-refractivity contribution in [3.8, 4) is 0 Å². The van der Waals surface area contributed by atoms with Gasteiger partial charge in [0.15, 0.2) is 5.96 Å². The van der Waals surface area contributed by atoms with Gasteiger partial charge in [0, 0.05) is 57.0 Å². The number of carbonyl (C=O) groups excluding carboxylic acids is 1. The molecule has 1 fully saturated rings. The third-order valence-corrected chi connectivity index (χ3v) is 5.02. The van der Waals surface area contributed by atoms with Crippen LogP contribution >= 0.6 is 35.7 Å². The largest absolute Gasteiger partial charge is 0.444 e. The lowest BCUT2D eigenvalue weighted by molar-refractivity contribution is 0.0529. The SMILES string of the molecule is CN=C(NCCNC(=O)OC(C)(C)C)NCc1ccc(N2CCSCC2)cc1.I. The van der Waals surface area contributed by atoms with Crippen LogP contribution in [0.2, 0.25) is 0 Å². The van der Waals surface area contributed by atoms with Crippen LogP contribution in [0.25, 0.3) is 0 Å². The molecule has 1 aromatic rings. The molecule has 164 valence electrons. The number of amides is 1. The van der Waals surface area contributed by atoms with E-state index < -0.39 is 11.7 Å². The van der Waals surface area contributed by atoms with Gasteiger partial charge in [-0.2, -0.15) is 11.8 Å². The maximum Gasteiger partial charge on any atom is 0.407 e. The Kier molecular flexibility index (Phi) is 11.6. The van der Waals surface area contributed by atoms with Gasteiger partial charge in [0.25, 0.3) is 0 Å². The van der Waals surface area contributed by atoms with Gasteiger partial charge in [-0.05, 0) is 38.5 Å². The van der Waals surface area contributed by atoms with Crippen LogP contribution in [0, 0.1) is 0 Å². The highest BCUT2D eigenvalue weighted by Crippen LogP contribution is 2.19. The fraction of sp³-hybridized carbons (Fsp3) is 0.600. The maximum absolute atomic E-state index is 11.6. The Hall–Kier alpha value is -1.36. The van der Waals surface area contributed by atoms with Crippen LogP contribution in [0.5, 0.6) is 0 Å². The normalized spacial score (nSPS) is 14.6. The van der Waals surface area contributed by atoms with Crippen LogP contribution in [0.4, 0.5) is 10.5 Å². The molecule has 0 saturated carbocycles. The minimum atomic E-state index is -0.488. The molecule has 3 N–H and O–H groups in total. The minimum Gasteiger partial charge on any atom is -0.444 e. The number of hydrogen-bond acceptors (Lipinski definition) is 5. The average molecular weight is 535 g/mol. The van der Waals surface area contributed by atoms with Crippen LogP contribution in [0.3, 0.4) is 0 Å². The molecule has 29 heavy (non-hydrogen) atoms. The highest BCUT2D eigenvalue weighted by molar-refractivity contribution is 14.0. The number of anilines is 1. The molecular formula is C20H34IN5O2S. The Morgan fingerprint density at radius 2 is 1.72 bits per heavy atom. The van der Waals surface area contributed by atoms with Crippen molar-refractivity contribution in [1.82, 2.24) is 16.0 Å². The second-order valence-electron chi connectivity index (χ2n) is 7.55. The summed E-state index contributed by atoms with van der Waals surface area (Å²) >= 11 is 2.02. The van der Waals surface area contributed by atoms with Crippen LogP contribution < -0.4 is 20.9 Å². The van der Waals surface area contributed by atoms with Crippen LogP contribution in [0.1, 0.15) is 26.3 Å². The predicted molar refractivity (Wildman–Crippen MR) is 134 cm³/mol. The number of ether oxygens (including phenoxy) is 1. The first kappa shape index (κ1) is 25.7. The van der Waals surface area contributed by atoms with Crippen molar-refractivity contribution in [3.63, 3.8) is 0 Å². The van der Waals surface area contributed by atoms with E-state index in [0.717, 1.165) is 13.1 Å². The molecule has 7 nitrogen and oxygen atoms in total. The van der Waals surface area contributed by atoms with Crippen molar-refractivity contribution in [2.75, 3.05) is 49.6 Å². The van der Waals surface area contributed by atoms with Gasteiger partial charge in [-0.15, -0.1) is 24.0 Å². The number of nitrogens with zero attached hydrogens (tertiary/aromatic N) is 2. The molecule has 0 bridgehead atoms. The van der Waals surface area contributed by atoms with E-state index in [1.807, 2.05) is 32.5 Å². The molecule has 0 aromatic heterocycles. The molecule has 1 saturated heterocycles. The van der Waals surface area contributed by atoms with E-state index in [1.165, 1.54) is 22.8 Å². The fourth-order valence-corrected chi connectivity index (χ4v) is 3.62. The number of hydrogen-bond donors (Lipinski definition) is 3. The molecule has 1 aliphatic heterocycles. The molecular weight excluding hydrogens is 501 g/mol. The first-order valence-corrected chi connectivity index (χ1v) is 10.9. The first-order valence-electron chi connectivity index (χ1n) is 9.70. The predicted octanol–water partition coefficient (Wildman–Crippen LogP) is 3.05. The molecule has 0 atom stereocenters. The van der Waals surface area contributed by atoms with Crippen LogP contribution in [0.15, 0.2) is 29.3 Å². The van der Waals surface area contributed by atoms with Gasteiger partial charge in [-0.1, -0.05) is 12.1 Å². The van der Waals surface area contributed by atoms with E-state index in [2.05, 4.69) is 50.1 Å². The quantitative estimate of drug-likeness (QED) is 0.225. The number of aliphatic imine (C=N–C) groups is 1. The Morgan fingerprint density at radius 1 is 1.10 bits per heavy atom. The third kappa shape index (κ3) is 10.3. The van der Waals surface area contributed by atoms with E-state index in [4.69, 9.17) is 4.74 Å². The summed E-state index contributed by atoms with van der Waals surface area (Å²) in [6, 6.07) is 8.69. The summed E-state index contributed by atoms with van der Waals surface area (Å²) < 4.78 is 5.20. The van der Waals surface area contributed by atoms with Crippen molar-refractivity contribution in [1.29, 1.82) is 0 Å². The molecule has 0 radical (unpaired) electrons. The van der Waals surface area contributed by atoms with Gasteiger partial charge in [-0.3, -0.25) is 4.99 Å². The fourth-order valence-electron chi connectivity index (χ4n) is 2.71. The van der Waals surface area contributed by atoms with Crippen molar-refractivity contribution in [2.45, 2.75) is 32.9 Å². The number of rotatable bonds is 6. The molecule has 2 rings (SSSR count). The second-order valence-corrected chi connectivity index (χ2v) is 8.77. The highest BCUT2D eigenvalue weighted by Gasteiger charge is 2.15. The number of thioether (sulfide) groups is 1. The zero-order chi connectivity index (χ0) is 20.4. The van der Waals surface area contributed by atoms with Gasteiger partial charge in [0.05, 0.1) is 0 Å². The van der Waals surface area contributed by atoms with Crippen LogP contribution in [-0.2, 0) is 11.3 Å². The summed E-state index contributed by atoms with van der Waals surface area (Å²) in [6.45, 7) is 9.48. The maximum atomic E-state index is 11.6. The monoisotopic (exact) mass is 535 g/mol. The number of benzene rings is 1. The molecule has 1 heterocycles. The summed E-state index contributed by atoms with van der Waals surface area (Å²) in [6.07, 6.45) is -0.412. The summed E-state index contributed by atoms with van der Waals surface area (Å²) in [5.41, 5.74) is 2.00. The number of alkyl carbamates (subject to hydrolysis) is 1. The van der Waals surface area contributed by atoms with E-state index in [9.17, 15) is 4.79 Å². The van der Waals surface area contributed by atoms with Gasteiger partial charge in [0.2, 0.25) is 0 Å². The molecule has 0 unspecified atom stereocenters. The standard InChI is InChI=1S/C20H33N5O2S.HI/c1-20(2,3)27-19(26)23-10-9-22-18(21-4)24-15-16-5-7-17(8-6-16)25-11-13-28-14-12-25;/h5-8H,9-15H2,1-4H3,(H,23,26)(H2,21,22,24);1H. The molecule has 1 amide bonds. The Labute approximate surface area is 195 Å². The number of carbonyl (C=O) groups is 1. The van der Waals surface area contributed by atoms with E-state index in [-0.39, 0.29) is 24.0 Å². The van der Waals surface area contributed by atoms with Crippen molar-refractivity contribution >= 4 is 53.5 Å². The zero-order valence-corrected chi connectivity index (χ0v) is 20.9. The zero-order valence-electron chi connectivity index (χ0n) is 17.8. The average Bonchev–Trinajstić information content (AvgIpc) is 2.67. The summed E-state index contributed by atoms with van der Waals surface area (Å²) in [7, 11) is 1.73. The van der Waals surface area contributed by atoms with Gasteiger partial charge in [-0.25, -0.2) is 4.79 Å². The topological polar surface area (TPSA) is 78.0 Å². The molecule has 0 spiro atoms. The van der Waals surface area contributed by atoms with Crippen molar-refractivity contribution in [2.24, 2.45) is 4.99 Å². The highest BCUT2D eigenvalue weighted by atomic mass is 127. The summed E-state index contributed by atoms with van der Waals surface area (Å²) in [5, 5.41) is 9.19. The third-order valence-electron chi connectivity index (χ3n) is 4.08. The van der Waals surface area contributed by atoms with Gasteiger partial charge >= 0.3 is 6.09 Å². The molecule has 1 aromatic carbocycles. The van der Waals surface area contributed by atoms with E-state index >= 15 is 0 Å². The molecule has 9 heteroatoms. The molecule has 0 aliphatic carbocycles. The van der Waals surface area contributed by atoms with E-state index in [1.54, 1.807) is 7.05 Å². The van der Waals surface area contributed by atoms with Gasteiger partial charge < -0.3 is 25.6 Å². The molecule has 1 aliphatic rings. The lowest BCUT2D eigenvalue weighted by Crippen LogP contribution is -2.42. The van der Waals surface area contributed by atoms with Gasteiger partial charge in [0.1, 0.15) is 5.60 Å². The Bertz CT molecular complexity index is 643. The smallest absolute Gasteiger partial charge is 0.407 e. The van der Waals surface area contributed by atoms with Crippen molar-refractivity contribution in [3.05, 3.63) is 29.8 Å². The minimum absolute atomic E-state index is 0. The van der Waals surface area contributed by atoms with Crippen molar-refractivity contribution < 1.29 is 9.53 Å². The lowest BCUT2D eigenvalue weighted by Gasteiger charge is -2.28. The second kappa shape index (κ2) is 13.0. The number of nitrogens with one attached hydrogen (secondary N) is 3. The first-order chi connectivity index (χ1) is 13.4. The Balaban J connectivity index is 0.00000420. The Morgan fingerprint density at radius 3 is 2.31 bits per heavy atom. The number of guanidine groups is 1. The lowest BCUT2D eigenvalue weighted by atomic mass is 10.2. The summed E-state index contributed by atoms with van der Waals surface area (Å²) in [4.78, 5) is 18.3. The summed E-state index contributed by atoms with van der Waals surface area (Å²) in [5.74, 6) is 3.10. The van der Waals surface area contributed by atoms with E-state index in [0.29, 0.717) is 25.6 Å². The number of halogens is 1.